The molecule has 23 heavy (non-hydrogen) atoms. The van der Waals surface area contributed by atoms with Gasteiger partial charge in [-0.2, -0.15) is 0 Å². The van der Waals surface area contributed by atoms with Crippen molar-refractivity contribution >= 4 is 5.91 Å². The van der Waals surface area contributed by atoms with Gasteiger partial charge in [-0.15, -0.1) is 0 Å². The average Bonchev–Trinajstić information content (AvgIpc) is 2.63. The number of carbonyl (C=O) groups is 1. The zero-order valence-corrected chi connectivity index (χ0v) is 13.4. The van der Waals surface area contributed by atoms with Crippen LogP contribution >= 0.6 is 0 Å². The quantitative estimate of drug-likeness (QED) is 0.870. The lowest BCUT2D eigenvalue weighted by Gasteiger charge is -2.34. The van der Waals surface area contributed by atoms with Crippen LogP contribution in [0.1, 0.15) is 15.9 Å². The lowest BCUT2D eigenvalue weighted by atomic mass is 10.1. The number of nitrogens with zero attached hydrogens (tertiary/aromatic N) is 2. The maximum Gasteiger partial charge on any atom is 0.253 e. The largest absolute Gasteiger partial charge is 0.497 e. The van der Waals surface area contributed by atoms with Crippen LogP contribution in [0.15, 0.2) is 54.6 Å². The van der Waals surface area contributed by atoms with Crippen molar-refractivity contribution in [2.24, 2.45) is 0 Å². The smallest absolute Gasteiger partial charge is 0.253 e. The van der Waals surface area contributed by atoms with Gasteiger partial charge in [0.2, 0.25) is 0 Å². The fraction of sp³-hybridized carbons (Fsp3) is 0.316. The Hall–Kier alpha value is -2.33. The van der Waals surface area contributed by atoms with Gasteiger partial charge in [-0.3, -0.25) is 9.69 Å². The summed E-state index contributed by atoms with van der Waals surface area (Å²) in [6.07, 6.45) is 0. The predicted octanol–water partition coefficient (Wildman–Crippen LogP) is 2.65. The van der Waals surface area contributed by atoms with Crippen LogP contribution in [-0.4, -0.2) is 49.0 Å². The Morgan fingerprint density at radius 2 is 1.61 bits per heavy atom. The summed E-state index contributed by atoms with van der Waals surface area (Å²) in [4.78, 5) is 16.8. The highest BCUT2D eigenvalue weighted by atomic mass is 16.5. The van der Waals surface area contributed by atoms with Gasteiger partial charge in [-0.25, -0.2) is 0 Å². The molecule has 0 spiro atoms. The van der Waals surface area contributed by atoms with E-state index in [9.17, 15) is 4.79 Å². The number of methoxy groups -OCH3 is 1. The monoisotopic (exact) mass is 310 g/mol. The molecule has 1 aliphatic rings. The molecule has 1 saturated heterocycles. The molecule has 0 aromatic heterocycles. The van der Waals surface area contributed by atoms with Gasteiger partial charge in [0, 0.05) is 38.3 Å². The molecule has 4 heteroatoms. The molecule has 1 aliphatic heterocycles. The molecule has 1 amide bonds. The van der Waals surface area contributed by atoms with Crippen LogP contribution in [0.4, 0.5) is 0 Å². The van der Waals surface area contributed by atoms with E-state index in [2.05, 4.69) is 17.0 Å². The van der Waals surface area contributed by atoms with Gasteiger partial charge in [0.25, 0.3) is 5.91 Å². The topological polar surface area (TPSA) is 32.8 Å². The zero-order valence-electron chi connectivity index (χ0n) is 13.4. The van der Waals surface area contributed by atoms with E-state index < -0.39 is 0 Å². The number of amides is 1. The minimum absolute atomic E-state index is 0.134. The molecule has 0 radical (unpaired) electrons. The van der Waals surface area contributed by atoms with Crippen molar-refractivity contribution in [3.63, 3.8) is 0 Å². The van der Waals surface area contributed by atoms with Crippen molar-refractivity contribution in [3.05, 3.63) is 65.7 Å². The van der Waals surface area contributed by atoms with Gasteiger partial charge in [-0.1, -0.05) is 30.3 Å². The SMILES string of the molecule is COc1ccc(CN2CCN(C(=O)c3ccccc3)CC2)cc1. The molecule has 2 aromatic carbocycles. The molecule has 0 N–H and O–H groups in total. The Morgan fingerprint density at radius 1 is 0.957 bits per heavy atom. The standard InChI is InChI=1S/C19H22N2O2/c1-23-18-9-7-16(8-10-18)15-20-11-13-21(14-12-20)19(22)17-5-3-2-4-6-17/h2-10H,11-15H2,1H3. The Bertz CT molecular complexity index is 632. The summed E-state index contributed by atoms with van der Waals surface area (Å²) in [5.41, 5.74) is 2.05. The highest BCUT2D eigenvalue weighted by Crippen LogP contribution is 2.15. The molecule has 4 nitrogen and oxygen atoms in total. The second-order valence-electron chi connectivity index (χ2n) is 5.78. The van der Waals surface area contributed by atoms with Crippen molar-refractivity contribution in [1.29, 1.82) is 0 Å². The molecular weight excluding hydrogens is 288 g/mol. The summed E-state index contributed by atoms with van der Waals surface area (Å²) in [5.74, 6) is 1.02. The van der Waals surface area contributed by atoms with Crippen LogP contribution < -0.4 is 4.74 Å². The van der Waals surface area contributed by atoms with E-state index in [4.69, 9.17) is 4.74 Å². The van der Waals surface area contributed by atoms with E-state index in [-0.39, 0.29) is 5.91 Å². The number of carbonyl (C=O) groups excluding carboxylic acids is 1. The third-order valence-corrected chi connectivity index (χ3v) is 4.25. The van der Waals surface area contributed by atoms with E-state index >= 15 is 0 Å². The van der Waals surface area contributed by atoms with E-state index in [1.54, 1.807) is 7.11 Å². The molecular formula is C19H22N2O2. The third kappa shape index (κ3) is 3.90. The first-order valence-electron chi connectivity index (χ1n) is 7.96. The van der Waals surface area contributed by atoms with Gasteiger partial charge in [0.1, 0.15) is 5.75 Å². The molecule has 1 fully saturated rings. The molecule has 0 unspecified atom stereocenters. The van der Waals surface area contributed by atoms with Crippen LogP contribution in [0, 0.1) is 0 Å². The fourth-order valence-electron chi connectivity index (χ4n) is 2.86. The summed E-state index contributed by atoms with van der Waals surface area (Å²) in [6.45, 7) is 4.29. The Labute approximate surface area is 137 Å². The molecule has 3 rings (SSSR count). The van der Waals surface area contributed by atoms with Gasteiger partial charge in [0.05, 0.1) is 7.11 Å². The minimum atomic E-state index is 0.134. The number of benzene rings is 2. The predicted molar refractivity (Wildman–Crippen MR) is 90.6 cm³/mol. The van der Waals surface area contributed by atoms with E-state index in [1.165, 1.54) is 5.56 Å². The lowest BCUT2D eigenvalue weighted by Crippen LogP contribution is -2.48. The third-order valence-electron chi connectivity index (χ3n) is 4.25. The number of hydrogen-bond donors (Lipinski definition) is 0. The number of rotatable bonds is 4. The van der Waals surface area contributed by atoms with Crippen molar-refractivity contribution in [3.8, 4) is 5.75 Å². The number of piperazine rings is 1. The number of ether oxygens (including phenoxy) is 1. The Balaban J connectivity index is 1.53. The maximum absolute atomic E-state index is 12.4. The average molecular weight is 310 g/mol. The summed E-state index contributed by atoms with van der Waals surface area (Å²) in [7, 11) is 1.68. The van der Waals surface area contributed by atoms with Gasteiger partial charge in [-0.05, 0) is 29.8 Å². The second kappa shape index (κ2) is 7.29. The van der Waals surface area contributed by atoms with Crippen LogP contribution in [-0.2, 0) is 6.54 Å². The normalized spacial score (nSPS) is 15.4. The first-order valence-corrected chi connectivity index (χ1v) is 7.96. The molecule has 1 heterocycles. The first kappa shape index (κ1) is 15.6. The van der Waals surface area contributed by atoms with Crippen LogP contribution in [0.25, 0.3) is 0 Å². The Morgan fingerprint density at radius 3 is 2.22 bits per heavy atom. The lowest BCUT2D eigenvalue weighted by molar-refractivity contribution is 0.0628. The first-order chi connectivity index (χ1) is 11.3. The highest BCUT2D eigenvalue weighted by Gasteiger charge is 2.21. The van der Waals surface area contributed by atoms with Gasteiger partial charge < -0.3 is 9.64 Å². The minimum Gasteiger partial charge on any atom is -0.497 e. The van der Waals surface area contributed by atoms with Crippen LogP contribution in [0.2, 0.25) is 0 Å². The molecule has 0 atom stereocenters. The van der Waals surface area contributed by atoms with Crippen molar-refractivity contribution in [2.45, 2.75) is 6.54 Å². The van der Waals surface area contributed by atoms with E-state index in [1.807, 2.05) is 47.4 Å². The van der Waals surface area contributed by atoms with E-state index in [0.717, 1.165) is 44.0 Å². The van der Waals surface area contributed by atoms with Gasteiger partial charge >= 0.3 is 0 Å². The molecule has 0 saturated carbocycles. The Kier molecular flexibility index (Phi) is 4.93. The summed E-state index contributed by atoms with van der Waals surface area (Å²) in [6, 6.07) is 17.7. The summed E-state index contributed by atoms with van der Waals surface area (Å²) < 4.78 is 5.18. The second-order valence-corrected chi connectivity index (χ2v) is 5.78. The molecule has 120 valence electrons. The summed E-state index contributed by atoms with van der Waals surface area (Å²) >= 11 is 0. The van der Waals surface area contributed by atoms with E-state index in [0.29, 0.717) is 0 Å². The van der Waals surface area contributed by atoms with Gasteiger partial charge in [0.15, 0.2) is 0 Å². The fourth-order valence-corrected chi connectivity index (χ4v) is 2.86. The van der Waals surface area contributed by atoms with Crippen LogP contribution in [0.3, 0.4) is 0 Å². The van der Waals surface area contributed by atoms with Crippen molar-refractivity contribution in [2.75, 3.05) is 33.3 Å². The van der Waals surface area contributed by atoms with Crippen molar-refractivity contribution in [1.82, 2.24) is 9.80 Å². The molecule has 0 aliphatic carbocycles. The molecule has 0 bridgehead atoms. The maximum atomic E-state index is 12.4. The van der Waals surface area contributed by atoms with Crippen LogP contribution in [0.5, 0.6) is 5.75 Å². The van der Waals surface area contributed by atoms with Crippen molar-refractivity contribution < 1.29 is 9.53 Å². The number of hydrogen-bond acceptors (Lipinski definition) is 3. The summed E-state index contributed by atoms with van der Waals surface area (Å²) in [5, 5.41) is 0. The highest BCUT2D eigenvalue weighted by molar-refractivity contribution is 5.94. The zero-order chi connectivity index (χ0) is 16.1. The molecule has 2 aromatic rings.